The molecule has 5 nitrogen and oxygen atoms in total. The highest BCUT2D eigenvalue weighted by molar-refractivity contribution is 5.72. The van der Waals surface area contributed by atoms with E-state index in [2.05, 4.69) is 37.8 Å². The first-order valence-corrected chi connectivity index (χ1v) is 11.9. The maximum absolute atomic E-state index is 9.39. The highest BCUT2D eigenvalue weighted by Gasteiger charge is 2.40. The minimum absolute atomic E-state index is 0.0744. The zero-order valence-corrected chi connectivity index (χ0v) is 21.1. The summed E-state index contributed by atoms with van der Waals surface area (Å²) in [6.45, 7) is 15.0. The van der Waals surface area contributed by atoms with E-state index in [4.69, 9.17) is 10.5 Å². The minimum Gasteiger partial charge on any atom is -0.461 e. The van der Waals surface area contributed by atoms with Crippen LogP contribution in [0.4, 0.5) is 5.69 Å². The lowest BCUT2D eigenvalue weighted by Gasteiger charge is -2.48. The lowest BCUT2D eigenvalue weighted by atomic mass is 9.71. The lowest BCUT2D eigenvalue weighted by molar-refractivity contribution is 0.223. The predicted molar refractivity (Wildman–Crippen MR) is 136 cm³/mol. The molecule has 0 saturated heterocycles. The molecule has 5 heteroatoms. The van der Waals surface area contributed by atoms with Gasteiger partial charge in [-0.1, -0.05) is 40.7 Å². The number of nitrogens with two attached hydrogens (primary N) is 1. The molecule has 0 fully saturated rings. The number of ether oxygens (including phenoxy) is 1. The van der Waals surface area contributed by atoms with Crippen molar-refractivity contribution in [1.29, 1.82) is 10.5 Å². The van der Waals surface area contributed by atoms with Crippen LogP contribution in [-0.4, -0.2) is 13.1 Å². The smallest absolute Gasteiger partial charge is 0.137 e. The molecule has 4 rings (SSSR count). The fourth-order valence-electron chi connectivity index (χ4n) is 4.88. The number of anilines is 1. The van der Waals surface area contributed by atoms with Gasteiger partial charge in [-0.25, -0.2) is 0 Å². The average molecular weight is 455 g/mol. The van der Waals surface area contributed by atoms with Crippen molar-refractivity contribution >= 4 is 11.8 Å². The van der Waals surface area contributed by atoms with Crippen LogP contribution in [0.2, 0.25) is 0 Å². The largest absolute Gasteiger partial charge is 0.461 e. The quantitative estimate of drug-likeness (QED) is 0.558. The number of nitriles is 2. The zero-order chi connectivity index (χ0) is 24.9. The number of benzene rings is 1. The van der Waals surface area contributed by atoms with Crippen molar-refractivity contribution in [2.75, 3.05) is 18.0 Å². The first kappa shape index (κ1) is 23.9. The summed E-state index contributed by atoms with van der Waals surface area (Å²) < 4.78 is 6.17. The van der Waals surface area contributed by atoms with Crippen molar-refractivity contribution in [3.05, 3.63) is 69.7 Å². The maximum atomic E-state index is 9.39. The van der Waals surface area contributed by atoms with Gasteiger partial charge < -0.3 is 15.4 Å². The molecule has 0 bridgehead atoms. The van der Waals surface area contributed by atoms with Crippen molar-refractivity contribution in [2.45, 2.75) is 65.3 Å². The van der Waals surface area contributed by atoms with Crippen molar-refractivity contribution in [3.8, 4) is 12.1 Å². The van der Waals surface area contributed by atoms with Crippen LogP contribution in [0.25, 0.3) is 6.08 Å². The fourth-order valence-corrected chi connectivity index (χ4v) is 4.88. The summed E-state index contributed by atoms with van der Waals surface area (Å²) >= 11 is 0. The maximum Gasteiger partial charge on any atom is 0.137 e. The van der Waals surface area contributed by atoms with E-state index in [9.17, 15) is 10.5 Å². The number of hydrogen-bond donors (Lipinski definition) is 1. The van der Waals surface area contributed by atoms with Gasteiger partial charge in [0.25, 0.3) is 0 Å². The van der Waals surface area contributed by atoms with E-state index in [-0.39, 0.29) is 21.9 Å². The Hall–Kier alpha value is -3.28. The first-order chi connectivity index (χ1) is 15.9. The fraction of sp³-hybridized carbons (Fsp3) is 0.448. The Morgan fingerprint density at radius 3 is 2.32 bits per heavy atom. The molecule has 0 aliphatic carbocycles. The molecule has 0 radical (unpaired) electrons. The molecule has 1 aromatic rings. The first-order valence-electron chi connectivity index (χ1n) is 11.9. The molecular formula is C29H34N4O. The summed E-state index contributed by atoms with van der Waals surface area (Å²) in [7, 11) is 0. The second-order valence-electron chi connectivity index (χ2n) is 11.5. The van der Waals surface area contributed by atoms with Crippen LogP contribution in [0.5, 0.6) is 0 Å². The normalized spacial score (nSPS) is 23.3. The molecule has 2 N–H and O–H groups in total. The van der Waals surface area contributed by atoms with Crippen molar-refractivity contribution in [1.82, 2.24) is 0 Å². The lowest BCUT2D eigenvalue weighted by Crippen LogP contribution is -2.48. The van der Waals surface area contributed by atoms with Gasteiger partial charge in [0.2, 0.25) is 0 Å². The summed E-state index contributed by atoms with van der Waals surface area (Å²) in [5.74, 6) is 1.33. The standard InChI is InChI=1S/C29H34N4O/c1-27(2,3)25-16-20(21(17-30)18-31)15-22(34-25)8-7-19-13-23-26-24(14-19)29(6,32)10-12-33(26)11-9-28(23,4)5/h7-8,13-16H,9-12,32H2,1-6H3/b8-7+. The molecule has 0 aromatic heterocycles. The molecule has 34 heavy (non-hydrogen) atoms. The van der Waals surface area contributed by atoms with Gasteiger partial charge in [0.05, 0.1) is 0 Å². The number of hydrogen-bond acceptors (Lipinski definition) is 5. The molecule has 0 saturated carbocycles. The predicted octanol–water partition coefficient (Wildman–Crippen LogP) is 5.95. The van der Waals surface area contributed by atoms with Crippen LogP contribution < -0.4 is 10.6 Å². The molecule has 0 amide bonds. The third-order valence-corrected chi connectivity index (χ3v) is 7.20. The van der Waals surface area contributed by atoms with Gasteiger partial charge >= 0.3 is 0 Å². The summed E-state index contributed by atoms with van der Waals surface area (Å²) in [6.07, 6.45) is 9.56. The summed E-state index contributed by atoms with van der Waals surface area (Å²) in [5.41, 5.74) is 11.8. The van der Waals surface area contributed by atoms with Crippen LogP contribution in [0, 0.1) is 28.1 Å². The van der Waals surface area contributed by atoms with Crippen molar-refractivity contribution in [3.63, 3.8) is 0 Å². The van der Waals surface area contributed by atoms with E-state index in [1.807, 2.05) is 45.1 Å². The zero-order valence-electron chi connectivity index (χ0n) is 21.1. The Balaban J connectivity index is 1.79. The molecule has 1 aromatic carbocycles. The molecule has 176 valence electrons. The van der Waals surface area contributed by atoms with Crippen molar-refractivity contribution in [2.24, 2.45) is 11.1 Å². The van der Waals surface area contributed by atoms with Gasteiger partial charge in [-0.3, -0.25) is 0 Å². The van der Waals surface area contributed by atoms with E-state index in [0.29, 0.717) is 11.3 Å². The Bertz CT molecular complexity index is 1180. The second kappa shape index (κ2) is 8.19. The topological polar surface area (TPSA) is 86.1 Å². The molecule has 3 heterocycles. The van der Waals surface area contributed by atoms with E-state index in [1.54, 1.807) is 12.2 Å². The molecule has 3 aliphatic heterocycles. The van der Waals surface area contributed by atoms with Crippen LogP contribution >= 0.6 is 0 Å². The average Bonchev–Trinajstić information content (AvgIpc) is 2.76. The summed E-state index contributed by atoms with van der Waals surface area (Å²) in [4.78, 5) is 2.49. The van der Waals surface area contributed by atoms with Gasteiger partial charge in [-0.2, -0.15) is 10.5 Å². The molecular weight excluding hydrogens is 420 g/mol. The highest BCUT2D eigenvalue weighted by atomic mass is 16.5. The second-order valence-corrected chi connectivity index (χ2v) is 11.5. The molecule has 1 unspecified atom stereocenters. The van der Waals surface area contributed by atoms with E-state index >= 15 is 0 Å². The van der Waals surface area contributed by atoms with Gasteiger partial charge in [0.1, 0.15) is 29.2 Å². The van der Waals surface area contributed by atoms with Gasteiger partial charge in [0.15, 0.2) is 0 Å². The van der Waals surface area contributed by atoms with E-state index in [1.165, 1.54) is 16.8 Å². The van der Waals surface area contributed by atoms with Crippen LogP contribution in [-0.2, 0) is 15.7 Å². The number of nitrogens with zero attached hydrogens (tertiary/aromatic N) is 3. The Morgan fingerprint density at radius 1 is 1.03 bits per heavy atom. The Kier molecular flexibility index (Phi) is 5.75. The number of allylic oxidation sites excluding steroid dienone is 6. The van der Waals surface area contributed by atoms with Gasteiger partial charge in [-0.05, 0) is 72.2 Å². The van der Waals surface area contributed by atoms with E-state index in [0.717, 1.165) is 37.3 Å². The SMILES string of the molecule is CC(C)(C)C1=CC(=C(C#N)C#N)C=C(/C=C/c2cc3c4c(c2)C(C)(N)CCN4CCC3(C)C)O1. The number of rotatable bonds is 2. The van der Waals surface area contributed by atoms with Crippen LogP contribution in [0.15, 0.2) is 53.0 Å². The van der Waals surface area contributed by atoms with Gasteiger partial charge in [0, 0.05) is 35.3 Å². The Morgan fingerprint density at radius 2 is 1.68 bits per heavy atom. The van der Waals surface area contributed by atoms with Gasteiger partial charge in [-0.15, -0.1) is 0 Å². The highest BCUT2D eigenvalue weighted by Crippen LogP contribution is 2.48. The minimum atomic E-state index is -0.370. The molecule has 3 aliphatic rings. The van der Waals surface area contributed by atoms with Crippen LogP contribution in [0.3, 0.4) is 0 Å². The Labute approximate surface area is 203 Å². The monoisotopic (exact) mass is 454 g/mol. The summed E-state index contributed by atoms with van der Waals surface area (Å²) in [5, 5.41) is 18.8. The van der Waals surface area contributed by atoms with E-state index < -0.39 is 0 Å². The van der Waals surface area contributed by atoms with Crippen LogP contribution in [0.1, 0.15) is 71.1 Å². The third-order valence-electron chi connectivity index (χ3n) is 7.20. The molecule has 1 atom stereocenters. The summed E-state index contributed by atoms with van der Waals surface area (Å²) in [6, 6.07) is 8.48. The third kappa shape index (κ3) is 4.29. The molecule has 0 spiro atoms. The van der Waals surface area contributed by atoms with Crippen molar-refractivity contribution < 1.29 is 4.74 Å².